The van der Waals surface area contributed by atoms with Crippen molar-refractivity contribution in [2.75, 3.05) is 6.54 Å². The van der Waals surface area contributed by atoms with Gasteiger partial charge in [0.05, 0.1) is 5.41 Å². The van der Waals surface area contributed by atoms with Crippen molar-refractivity contribution < 1.29 is 14.4 Å². The highest BCUT2D eigenvalue weighted by atomic mass is 16.2. The first-order valence-corrected chi connectivity index (χ1v) is 8.84. The molecule has 2 aliphatic rings. The van der Waals surface area contributed by atoms with Crippen LogP contribution in [0.1, 0.15) is 29.5 Å². The van der Waals surface area contributed by atoms with E-state index in [1.807, 2.05) is 54.6 Å². The molecule has 2 aromatic rings. The van der Waals surface area contributed by atoms with Gasteiger partial charge in [-0.25, -0.2) is 0 Å². The zero-order valence-corrected chi connectivity index (χ0v) is 14.4. The van der Waals surface area contributed by atoms with Gasteiger partial charge in [-0.15, -0.1) is 0 Å². The van der Waals surface area contributed by atoms with Gasteiger partial charge in [-0.3, -0.25) is 19.3 Å². The fraction of sp³-hybridized carbons (Fsp3) is 0.286. The molecule has 1 saturated heterocycles. The minimum Gasteiger partial charge on any atom is -0.350 e. The van der Waals surface area contributed by atoms with Crippen LogP contribution in [0.25, 0.3) is 0 Å². The van der Waals surface area contributed by atoms with Crippen LogP contribution in [0.3, 0.4) is 0 Å². The summed E-state index contributed by atoms with van der Waals surface area (Å²) in [6.45, 7) is 0.165. The molecule has 2 aromatic carbocycles. The molecule has 1 N–H and O–H groups in total. The van der Waals surface area contributed by atoms with Gasteiger partial charge in [0.15, 0.2) is 0 Å². The first-order chi connectivity index (χ1) is 12.6. The number of nitrogens with zero attached hydrogens (tertiary/aromatic N) is 1. The highest BCUT2D eigenvalue weighted by Gasteiger charge is 2.55. The fourth-order valence-corrected chi connectivity index (χ4v) is 4.05. The molecule has 0 aromatic heterocycles. The van der Waals surface area contributed by atoms with E-state index in [1.165, 1.54) is 0 Å². The van der Waals surface area contributed by atoms with Crippen LogP contribution >= 0.6 is 0 Å². The first kappa shape index (κ1) is 16.5. The van der Waals surface area contributed by atoms with E-state index in [0.29, 0.717) is 13.0 Å². The minimum absolute atomic E-state index is 0.162. The number of likely N-dealkylation sites (tertiary alicyclic amines) is 1. The summed E-state index contributed by atoms with van der Waals surface area (Å²) in [6.07, 6.45) is 1.59. The highest BCUT2D eigenvalue weighted by molar-refractivity contribution is 6.11. The van der Waals surface area contributed by atoms with E-state index in [1.54, 1.807) is 0 Å². The molecule has 1 aliphatic heterocycles. The molecule has 5 heteroatoms. The molecular formula is C21H20N2O3. The van der Waals surface area contributed by atoms with Gasteiger partial charge in [0.25, 0.3) is 0 Å². The number of hydrogen-bond acceptors (Lipinski definition) is 3. The summed E-state index contributed by atoms with van der Waals surface area (Å²) in [6, 6.07) is 17.3. The maximum absolute atomic E-state index is 13.0. The number of imide groups is 1. The number of rotatable bonds is 4. The van der Waals surface area contributed by atoms with Crippen molar-refractivity contribution in [1.82, 2.24) is 10.2 Å². The zero-order chi connectivity index (χ0) is 18.1. The van der Waals surface area contributed by atoms with Gasteiger partial charge in [0.2, 0.25) is 17.7 Å². The van der Waals surface area contributed by atoms with Gasteiger partial charge in [0, 0.05) is 13.0 Å². The van der Waals surface area contributed by atoms with Crippen molar-refractivity contribution in [3.8, 4) is 0 Å². The predicted molar refractivity (Wildman–Crippen MR) is 96.1 cm³/mol. The number of carbonyl (C=O) groups excluding carboxylic acids is 3. The number of carbonyl (C=O) groups is 3. The molecule has 5 nitrogen and oxygen atoms in total. The second-order valence-corrected chi connectivity index (χ2v) is 6.96. The van der Waals surface area contributed by atoms with E-state index in [0.717, 1.165) is 28.0 Å². The van der Waals surface area contributed by atoms with Crippen molar-refractivity contribution >= 4 is 17.7 Å². The van der Waals surface area contributed by atoms with Gasteiger partial charge >= 0.3 is 0 Å². The highest BCUT2D eigenvalue weighted by Crippen LogP contribution is 2.46. The third-order valence-corrected chi connectivity index (χ3v) is 5.40. The molecule has 3 amide bonds. The lowest BCUT2D eigenvalue weighted by molar-refractivity contribution is -0.143. The Kier molecular flexibility index (Phi) is 4.07. The monoisotopic (exact) mass is 348 g/mol. The summed E-state index contributed by atoms with van der Waals surface area (Å²) >= 11 is 0. The van der Waals surface area contributed by atoms with Crippen molar-refractivity contribution in [3.05, 3.63) is 71.3 Å². The third kappa shape index (κ3) is 2.69. The summed E-state index contributed by atoms with van der Waals surface area (Å²) in [5.41, 5.74) is 2.28. The molecule has 1 fully saturated rings. The van der Waals surface area contributed by atoms with Crippen LogP contribution in [0.5, 0.6) is 0 Å². The van der Waals surface area contributed by atoms with Crippen LogP contribution in [0.15, 0.2) is 54.6 Å². The standard InChI is InChI=1S/C21H20N2O3/c24-18(22-13-15-6-2-1-3-7-15)14-23-19(25)12-21(20(23)26)11-10-16-8-4-5-9-17(16)21/h1-9H,10-14H2,(H,22,24). The Morgan fingerprint density at radius 3 is 2.58 bits per heavy atom. The number of nitrogens with one attached hydrogen (secondary N) is 1. The normalized spacial score (nSPS) is 21.3. The van der Waals surface area contributed by atoms with Crippen LogP contribution in [-0.2, 0) is 32.8 Å². The Bertz CT molecular complexity index is 878. The van der Waals surface area contributed by atoms with Crippen LogP contribution in [-0.4, -0.2) is 29.2 Å². The summed E-state index contributed by atoms with van der Waals surface area (Å²) in [5, 5.41) is 2.78. The second kappa shape index (κ2) is 6.41. The van der Waals surface area contributed by atoms with Gasteiger partial charge in [-0.2, -0.15) is 0 Å². The molecule has 0 bridgehead atoms. The topological polar surface area (TPSA) is 66.5 Å². The van der Waals surface area contributed by atoms with Gasteiger partial charge < -0.3 is 5.32 Å². The fourth-order valence-electron chi connectivity index (χ4n) is 4.05. The predicted octanol–water partition coefficient (Wildman–Crippen LogP) is 1.95. The minimum atomic E-state index is -0.770. The van der Waals surface area contributed by atoms with Crippen LogP contribution < -0.4 is 5.32 Å². The molecular weight excluding hydrogens is 328 g/mol. The lowest BCUT2D eigenvalue weighted by Gasteiger charge is -2.22. The van der Waals surface area contributed by atoms with Crippen molar-refractivity contribution in [3.63, 3.8) is 0 Å². The smallest absolute Gasteiger partial charge is 0.240 e. The van der Waals surface area contributed by atoms with E-state index in [2.05, 4.69) is 5.32 Å². The Labute approximate surface area is 152 Å². The summed E-state index contributed by atoms with van der Waals surface area (Å²) in [5.74, 6) is -0.817. The largest absolute Gasteiger partial charge is 0.350 e. The van der Waals surface area contributed by atoms with E-state index in [-0.39, 0.29) is 30.7 Å². The molecule has 1 heterocycles. The van der Waals surface area contributed by atoms with Crippen LogP contribution in [0, 0.1) is 0 Å². The average molecular weight is 348 g/mol. The van der Waals surface area contributed by atoms with Crippen molar-refractivity contribution in [2.24, 2.45) is 0 Å². The van der Waals surface area contributed by atoms with E-state index < -0.39 is 5.41 Å². The Morgan fingerprint density at radius 2 is 1.77 bits per heavy atom. The Balaban J connectivity index is 1.46. The third-order valence-electron chi connectivity index (χ3n) is 5.40. The maximum atomic E-state index is 13.0. The second-order valence-electron chi connectivity index (χ2n) is 6.96. The average Bonchev–Trinajstić information content (AvgIpc) is 3.15. The van der Waals surface area contributed by atoms with Gasteiger partial charge in [0.1, 0.15) is 6.54 Å². The summed E-state index contributed by atoms with van der Waals surface area (Å²) in [4.78, 5) is 38.9. The molecule has 132 valence electrons. The molecule has 1 unspecified atom stereocenters. The zero-order valence-electron chi connectivity index (χ0n) is 14.4. The van der Waals surface area contributed by atoms with Gasteiger partial charge in [-0.1, -0.05) is 54.6 Å². The maximum Gasteiger partial charge on any atom is 0.240 e. The summed E-state index contributed by atoms with van der Waals surface area (Å²) in [7, 11) is 0. The van der Waals surface area contributed by atoms with Crippen LogP contribution in [0.2, 0.25) is 0 Å². The van der Waals surface area contributed by atoms with E-state index >= 15 is 0 Å². The number of fused-ring (bicyclic) bond motifs is 2. The first-order valence-electron chi connectivity index (χ1n) is 8.84. The quantitative estimate of drug-likeness (QED) is 0.859. The van der Waals surface area contributed by atoms with E-state index in [9.17, 15) is 14.4 Å². The molecule has 1 aliphatic carbocycles. The molecule has 4 rings (SSSR count). The Morgan fingerprint density at radius 1 is 1.04 bits per heavy atom. The Hall–Kier alpha value is -2.95. The number of hydrogen-bond donors (Lipinski definition) is 1. The van der Waals surface area contributed by atoms with Gasteiger partial charge in [-0.05, 0) is 29.5 Å². The lowest BCUT2D eigenvalue weighted by atomic mass is 9.80. The lowest BCUT2D eigenvalue weighted by Crippen LogP contribution is -2.43. The molecule has 0 radical (unpaired) electrons. The number of amides is 3. The molecule has 1 atom stereocenters. The molecule has 26 heavy (non-hydrogen) atoms. The van der Waals surface area contributed by atoms with E-state index in [4.69, 9.17) is 0 Å². The van der Waals surface area contributed by atoms with Crippen molar-refractivity contribution in [1.29, 1.82) is 0 Å². The summed E-state index contributed by atoms with van der Waals surface area (Å²) < 4.78 is 0. The number of benzene rings is 2. The molecule has 1 spiro atoms. The van der Waals surface area contributed by atoms with Crippen LogP contribution in [0.4, 0.5) is 0 Å². The SMILES string of the molecule is O=C(CN1C(=O)CC2(CCc3ccccc32)C1=O)NCc1ccccc1. The number of aryl methyl sites for hydroxylation is 1. The molecule has 0 saturated carbocycles. The van der Waals surface area contributed by atoms with Crippen molar-refractivity contribution in [2.45, 2.75) is 31.2 Å².